The standard InChI is InChI=1S/C17H25N5O3.2ClH/c1-24-9-14-20-13(11-6-12(18)7-11)8-15(21-14)22-4-2-17(3-5-22)10-19-16(23)25-17;;/h8,11-12H,2-7,9-10,18H2,1H3,(H,19,23);2*1H. The van der Waals surface area contributed by atoms with Gasteiger partial charge < -0.3 is 25.4 Å². The second-order valence-corrected chi connectivity index (χ2v) is 7.34. The average Bonchev–Trinajstić information content (AvgIpc) is 2.93. The Morgan fingerprint density at radius 2 is 2.04 bits per heavy atom. The highest BCUT2D eigenvalue weighted by atomic mass is 35.5. The number of nitrogens with two attached hydrogens (primary N) is 1. The number of amides is 1. The zero-order chi connectivity index (χ0) is 17.4. The quantitative estimate of drug-likeness (QED) is 0.765. The van der Waals surface area contributed by atoms with Crippen LogP contribution in [0.3, 0.4) is 0 Å². The van der Waals surface area contributed by atoms with Gasteiger partial charge in [-0.2, -0.15) is 0 Å². The number of aromatic nitrogens is 2. The molecule has 2 aliphatic heterocycles. The summed E-state index contributed by atoms with van der Waals surface area (Å²) in [6.07, 6.45) is 3.26. The Bertz CT molecular complexity index is 664. The van der Waals surface area contributed by atoms with Gasteiger partial charge in [-0.25, -0.2) is 14.8 Å². The summed E-state index contributed by atoms with van der Waals surface area (Å²) in [6.45, 7) is 2.62. The van der Waals surface area contributed by atoms with Crippen LogP contribution in [0.5, 0.6) is 0 Å². The molecule has 0 bridgehead atoms. The van der Waals surface area contributed by atoms with Gasteiger partial charge in [0.2, 0.25) is 0 Å². The van der Waals surface area contributed by atoms with Crippen molar-refractivity contribution in [3.8, 4) is 0 Å². The van der Waals surface area contributed by atoms with Crippen molar-refractivity contribution in [1.29, 1.82) is 0 Å². The Balaban J connectivity index is 0.00000131. The molecule has 10 heteroatoms. The molecule has 4 rings (SSSR count). The molecule has 0 unspecified atom stereocenters. The van der Waals surface area contributed by atoms with Crippen molar-refractivity contribution in [2.24, 2.45) is 5.73 Å². The summed E-state index contributed by atoms with van der Waals surface area (Å²) >= 11 is 0. The van der Waals surface area contributed by atoms with Crippen molar-refractivity contribution in [2.75, 3.05) is 31.6 Å². The van der Waals surface area contributed by atoms with E-state index in [2.05, 4.69) is 26.3 Å². The number of carbonyl (C=O) groups is 1. The lowest BCUT2D eigenvalue weighted by atomic mass is 9.78. The van der Waals surface area contributed by atoms with Crippen molar-refractivity contribution in [3.05, 3.63) is 17.6 Å². The van der Waals surface area contributed by atoms with Crippen LogP contribution in [0.4, 0.5) is 10.6 Å². The lowest BCUT2D eigenvalue weighted by Gasteiger charge is -2.38. The van der Waals surface area contributed by atoms with Crippen molar-refractivity contribution in [2.45, 2.75) is 49.9 Å². The molecule has 8 nitrogen and oxygen atoms in total. The van der Waals surface area contributed by atoms with Crippen molar-refractivity contribution < 1.29 is 14.3 Å². The number of nitrogens with zero attached hydrogens (tertiary/aromatic N) is 3. The number of anilines is 1. The lowest BCUT2D eigenvalue weighted by molar-refractivity contribution is 0.0365. The topological polar surface area (TPSA) is 103 Å². The minimum Gasteiger partial charge on any atom is -0.441 e. The predicted molar refractivity (Wildman–Crippen MR) is 106 cm³/mol. The summed E-state index contributed by atoms with van der Waals surface area (Å²) in [5.41, 5.74) is 6.65. The highest BCUT2D eigenvalue weighted by molar-refractivity contribution is 5.85. The van der Waals surface area contributed by atoms with Crippen molar-refractivity contribution in [3.63, 3.8) is 0 Å². The second kappa shape index (κ2) is 8.77. The normalized spacial score (nSPS) is 25.7. The number of nitrogens with one attached hydrogen (secondary N) is 1. The van der Waals surface area contributed by atoms with Gasteiger partial charge in [0.25, 0.3) is 0 Å². The molecule has 3 fully saturated rings. The Labute approximate surface area is 171 Å². The fraction of sp³-hybridized carbons (Fsp3) is 0.706. The molecule has 1 spiro atoms. The minimum atomic E-state index is -0.348. The van der Waals surface area contributed by atoms with Gasteiger partial charge in [-0.1, -0.05) is 0 Å². The first kappa shape index (κ1) is 21.9. The molecule has 1 amide bonds. The van der Waals surface area contributed by atoms with Crippen LogP contribution in [0.2, 0.25) is 0 Å². The molecule has 1 saturated carbocycles. The van der Waals surface area contributed by atoms with E-state index in [9.17, 15) is 4.79 Å². The average molecular weight is 420 g/mol. The largest absolute Gasteiger partial charge is 0.441 e. The number of hydrogen-bond donors (Lipinski definition) is 2. The van der Waals surface area contributed by atoms with Gasteiger partial charge in [-0.15, -0.1) is 24.8 Å². The number of rotatable bonds is 4. The molecule has 27 heavy (non-hydrogen) atoms. The predicted octanol–water partition coefficient (Wildman–Crippen LogP) is 1.75. The molecule has 3 aliphatic rings. The van der Waals surface area contributed by atoms with E-state index in [1.807, 2.05) is 0 Å². The minimum absolute atomic E-state index is 0. The molecule has 1 aliphatic carbocycles. The Morgan fingerprint density at radius 3 is 2.59 bits per heavy atom. The van der Waals surface area contributed by atoms with Crippen LogP contribution in [0.1, 0.15) is 43.1 Å². The highest BCUT2D eigenvalue weighted by Gasteiger charge is 2.43. The lowest BCUT2D eigenvalue weighted by Crippen LogP contribution is -2.47. The molecule has 3 heterocycles. The summed E-state index contributed by atoms with van der Waals surface area (Å²) in [7, 11) is 1.65. The van der Waals surface area contributed by atoms with E-state index in [1.165, 1.54) is 0 Å². The Morgan fingerprint density at radius 1 is 1.33 bits per heavy atom. The molecular weight excluding hydrogens is 393 g/mol. The van der Waals surface area contributed by atoms with Gasteiger partial charge >= 0.3 is 6.09 Å². The number of carbonyl (C=O) groups excluding carboxylic acids is 1. The van der Waals surface area contributed by atoms with E-state index in [0.717, 1.165) is 50.3 Å². The molecule has 1 aromatic heterocycles. The number of ether oxygens (including phenoxy) is 2. The molecule has 0 aromatic carbocycles. The molecule has 3 N–H and O–H groups in total. The number of hydrogen-bond acceptors (Lipinski definition) is 7. The van der Waals surface area contributed by atoms with E-state index >= 15 is 0 Å². The maximum atomic E-state index is 11.4. The SMILES string of the molecule is COCc1nc(C2CC(N)C2)cc(N2CCC3(CC2)CNC(=O)O3)n1.Cl.Cl. The molecule has 1 aromatic rings. The number of halogens is 2. The first-order valence-electron chi connectivity index (χ1n) is 8.91. The maximum Gasteiger partial charge on any atom is 0.407 e. The van der Waals surface area contributed by atoms with Crippen LogP contribution in [0, 0.1) is 0 Å². The summed E-state index contributed by atoms with van der Waals surface area (Å²) < 4.78 is 10.7. The van der Waals surface area contributed by atoms with E-state index < -0.39 is 0 Å². The van der Waals surface area contributed by atoms with Crippen LogP contribution < -0.4 is 16.0 Å². The van der Waals surface area contributed by atoms with E-state index in [1.54, 1.807) is 7.11 Å². The van der Waals surface area contributed by atoms with Crippen LogP contribution in [-0.4, -0.2) is 54.4 Å². The summed E-state index contributed by atoms with van der Waals surface area (Å²) in [4.78, 5) is 23.0. The van der Waals surface area contributed by atoms with Crippen molar-refractivity contribution >= 4 is 36.7 Å². The van der Waals surface area contributed by atoms with Gasteiger partial charge in [-0.3, -0.25) is 0 Å². The van der Waals surface area contributed by atoms with E-state index in [0.29, 0.717) is 24.9 Å². The molecule has 152 valence electrons. The fourth-order valence-electron chi connectivity index (χ4n) is 3.90. The smallest absolute Gasteiger partial charge is 0.407 e. The van der Waals surface area contributed by atoms with Gasteiger partial charge in [0.1, 0.15) is 18.0 Å². The molecule has 0 radical (unpaired) electrons. The third kappa shape index (κ3) is 4.56. The zero-order valence-corrected chi connectivity index (χ0v) is 17.0. The summed E-state index contributed by atoms with van der Waals surface area (Å²) in [5, 5.41) is 2.77. The zero-order valence-electron chi connectivity index (χ0n) is 15.3. The van der Waals surface area contributed by atoms with E-state index in [4.69, 9.17) is 15.2 Å². The number of piperidine rings is 1. The molecule has 2 saturated heterocycles. The third-order valence-corrected chi connectivity index (χ3v) is 5.51. The highest BCUT2D eigenvalue weighted by Crippen LogP contribution is 2.37. The van der Waals surface area contributed by atoms with Gasteiger partial charge in [-0.05, 0) is 12.8 Å². The number of methoxy groups -OCH3 is 1. The monoisotopic (exact) mass is 419 g/mol. The van der Waals surface area contributed by atoms with Gasteiger partial charge in [0.15, 0.2) is 5.82 Å². The Hall–Kier alpha value is -1.35. The first-order valence-corrected chi connectivity index (χ1v) is 8.91. The van der Waals surface area contributed by atoms with Gasteiger partial charge in [0.05, 0.1) is 6.54 Å². The van der Waals surface area contributed by atoms with Crippen LogP contribution >= 0.6 is 24.8 Å². The fourth-order valence-corrected chi connectivity index (χ4v) is 3.90. The van der Waals surface area contributed by atoms with Gasteiger partial charge in [0, 0.05) is 56.8 Å². The third-order valence-electron chi connectivity index (χ3n) is 5.51. The maximum absolute atomic E-state index is 11.4. The molecular formula is C17H27Cl2N5O3. The summed E-state index contributed by atoms with van der Waals surface area (Å²) in [5.74, 6) is 2.07. The number of alkyl carbamates (subject to hydrolysis) is 1. The van der Waals surface area contributed by atoms with Crippen LogP contribution in [0.25, 0.3) is 0 Å². The summed E-state index contributed by atoms with van der Waals surface area (Å²) in [6, 6.07) is 2.38. The first-order chi connectivity index (χ1) is 12.1. The van der Waals surface area contributed by atoms with Crippen LogP contribution in [-0.2, 0) is 16.1 Å². The second-order valence-electron chi connectivity index (χ2n) is 7.34. The van der Waals surface area contributed by atoms with E-state index in [-0.39, 0.29) is 42.6 Å². The molecule has 0 atom stereocenters. The Kier molecular flexibility index (Phi) is 7.13. The van der Waals surface area contributed by atoms with Crippen LogP contribution in [0.15, 0.2) is 6.07 Å². The van der Waals surface area contributed by atoms with Crippen molar-refractivity contribution in [1.82, 2.24) is 15.3 Å².